The van der Waals surface area contributed by atoms with E-state index in [1.807, 2.05) is 30.3 Å². The second-order valence-electron chi connectivity index (χ2n) is 6.86. The van der Waals surface area contributed by atoms with Gasteiger partial charge in [-0.3, -0.25) is 4.79 Å². The van der Waals surface area contributed by atoms with Crippen molar-refractivity contribution in [3.05, 3.63) is 47.9 Å². The first-order valence-corrected chi connectivity index (χ1v) is 10.3. The minimum absolute atomic E-state index is 0.0263. The molecule has 0 radical (unpaired) electrons. The summed E-state index contributed by atoms with van der Waals surface area (Å²) in [7, 11) is -2.00. The molecule has 3 rings (SSSR count). The van der Waals surface area contributed by atoms with Crippen LogP contribution in [0.15, 0.2) is 41.6 Å². The number of aryl methyl sites for hydroxylation is 2. The van der Waals surface area contributed by atoms with Crippen LogP contribution in [-0.2, 0) is 21.9 Å². The first kappa shape index (κ1) is 19.5. The van der Waals surface area contributed by atoms with E-state index in [1.54, 1.807) is 23.4 Å². The fraction of sp³-hybridized carbons (Fsp3) is 0.444. The average molecular weight is 391 g/mol. The Morgan fingerprint density at radius 1 is 1.30 bits per heavy atom. The quantitative estimate of drug-likeness (QED) is 0.738. The van der Waals surface area contributed by atoms with Crippen LogP contribution in [0.4, 0.5) is 0 Å². The number of imidazole rings is 1. The number of carbonyl (C=O) groups excluding carboxylic acids is 1. The number of hydrogen-bond acceptors (Lipinski definition) is 5. The van der Waals surface area contributed by atoms with Gasteiger partial charge >= 0.3 is 0 Å². The van der Waals surface area contributed by atoms with Gasteiger partial charge in [-0.25, -0.2) is 18.1 Å². The molecule has 2 heterocycles. The maximum absolute atomic E-state index is 12.5. The molecule has 146 valence electrons. The lowest BCUT2D eigenvalue weighted by molar-refractivity contribution is -0.130. The van der Waals surface area contributed by atoms with Crippen molar-refractivity contribution in [3.63, 3.8) is 0 Å². The molecule has 1 fully saturated rings. The molecule has 0 aliphatic carbocycles. The normalized spacial score (nSPS) is 20.2. The summed E-state index contributed by atoms with van der Waals surface area (Å²) in [6.45, 7) is 2.78. The number of benzene rings is 1. The lowest BCUT2D eigenvalue weighted by Gasteiger charge is -2.16. The van der Waals surface area contributed by atoms with E-state index in [-0.39, 0.29) is 35.9 Å². The number of nitrogens with two attached hydrogens (primary N) is 1. The Kier molecular flexibility index (Phi) is 5.64. The van der Waals surface area contributed by atoms with Crippen LogP contribution in [0.5, 0.6) is 0 Å². The van der Waals surface area contributed by atoms with E-state index in [2.05, 4.69) is 9.71 Å². The van der Waals surface area contributed by atoms with Crippen molar-refractivity contribution in [2.75, 3.05) is 19.6 Å². The second kappa shape index (κ2) is 7.79. The number of nitrogens with zero attached hydrogens (tertiary/aromatic N) is 3. The largest absolute Gasteiger partial charge is 0.340 e. The van der Waals surface area contributed by atoms with Crippen LogP contribution in [0.1, 0.15) is 23.7 Å². The van der Waals surface area contributed by atoms with Crippen molar-refractivity contribution >= 4 is 15.9 Å². The third-order valence-electron chi connectivity index (χ3n) is 4.94. The zero-order valence-corrected chi connectivity index (χ0v) is 16.3. The molecular weight excluding hydrogens is 366 g/mol. The van der Waals surface area contributed by atoms with Crippen molar-refractivity contribution in [3.8, 4) is 0 Å². The molecule has 1 aliphatic heterocycles. The first-order valence-electron chi connectivity index (χ1n) is 8.86. The molecule has 2 atom stereocenters. The molecule has 1 aromatic heterocycles. The molecule has 1 amide bonds. The molecule has 3 N–H and O–H groups in total. The van der Waals surface area contributed by atoms with Gasteiger partial charge in [-0.05, 0) is 12.5 Å². The lowest BCUT2D eigenvalue weighted by Crippen LogP contribution is -2.35. The molecule has 0 bridgehead atoms. The highest BCUT2D eigenvalue weighted by molar-refractivity contribution is 7.89. The first-order chi connectivity index (χ1) is 12.8. The summed E-state index contributed by atoms with van der Waals surface area (Å²) in [5.41, 5.74) is 7.33. The van der Waals surface area contributed by atoms with Crippen LogP contribution < -0.4 is 10.5 Å². The SMILES string of the molecule is Cc1nc(S(=O)(=O)NCCC(=O)N2C[C@@H](N)[C@H](c3ccccc3)C2)cn1C. The van der Waals surface area contributed by atoms with E-state index in [9.17, 15) is 13.2 Å². The van der Waals surface area contributed by atoms with Crippen molar-refractivity contribution in [2.24, 2.45) is 12.8 Å². The zero-order valence-electron chi connectivity index (χ0n) is 15.5. The van der Waals surface area contributed by atoms with Crippen LogP contribution in [0, 0.1) is 6.92 Å². The molecule has 0 saturated carbocycles. The van der Waals surface area contributed by atoms with Gasteiger partial charge in [0, 0.05) is 51.3 Å². The monoisotopic (exact) mass is 391 g/mol. The molecule has 9 heteroatoms. The topological polar surface area (TPSA) is 110 Å². The number of rotatable bonds is 6. The van der Waals surface area contributed by atoms with Crippen LogP contribution in [0.2, 0.25) is 0 Å². The zero-order chi connectivity index (χ0) is 19.6. The Morgan fingerprint density at radius 3 is 2.63 bits per heavy atom. The van der Waals surface area contributed by atoms with Crippen LogP contribution in [-0.4, -0.2) is 54.5 Å². The van der Waals surface area contributed by atoms with E-state index >= 15 is 0 Å². The number of aromatic nitrogens is 2. The maximum atomic E-state index is 12.5. The van der Waals surface area contributed by atoms with Gasteiger partial charge in [0.1, 0.15) is 5.82 Å². The molecular formula is C18H25N5O3S. The molecule has 1 saturated heterocycles. The molecule has 27 heavy (non-hydrogen) atoms. The summed E-state index contributed by atoms with van der Waals surface area (Å²) in [5, 5.41) is -0.0396. The summed E-state index contributed by atoms with van der Waals surface area (Å²) in [6.07, 6.45) is 1.53. The van der Waals surface area contributed by atoms with Crippen LogP contribution in [0.3, 0.4) is 0 Å². The van der Waals surface area contributed by atoms with Gasteiger partial charge in [0.05, 0.1) is 0 Å². The number of likely N-dealkylation sites (tertiary alicyclic amines) is 1. The van der Waals surface area contributed by atoms with Gasteiger partial charge in [0.25, 0.3) is 10.0 Å². The molecule has 2 aromatic rings. The Labute approximate surface area is 159 Å². The van der Waals surface area contributed by atoms with E-state index in [4.69, 9.17) is 5.73 Å². The summed E-state index contributed by atoms with van der Waals surface area (Å²) < 4.78 is 28.6. The molecule has 8 nitrogen and oxygen atoms in total. The highest BCUT2D eigenvalue weighted by Gasteiger charge is 2.33. The van der Waals surface area contributed by atoms with E-state index < -0.39 is 10.0 Å². The van der Waals surface area contributed by atoms with Crippen molar-refractivity contribution in [2.45, 2.75) is 30.3 Å². The Bertz CT molecular complexity index is 891. The number of amides is 1. The third kappa shape index (κ3) is 4.37. The molecule has 1 aromatic carbocycles. The predicted molar refractivity (Wildman–Crippen MR) is 101 cm³/mol. The summed E-state index contributed by atoms with van der Waals surface area (Å²) in [4.78, 5) is 18.2. The standard InChI is InChI=1S/C18H25N5O3S/c1-13-21-17(12-22(13)2)27(25,26)20-9-8-18(24)23-10-15(16(19)11-23)14-6-4-3-5-7-14/h3-7,12,15-16,20H,8-11,19H2,1-2H3/t15-,16+/m0/s1. The maximum Gasteiger partial charge on any atom is 0.259 e. The summed E-state index contributed by atoms with van der Waals surface area (Å²) >= 11 is 0. The van der Waals surface area contributed by atoms with Gasteiger partial charge in [0.2, 0.25) is 5.91 Å². The third-order valence-corrected chi connectivity index (χ3v) is 6.27. The van der Waals surface area contributed by atoms with Gasteiger partial charge in [-0.2, -0.15) is 0 Å². The van der Waals surface area contributed by atoms with Crippen molar-refractivity contribution in [1.29, 1.82) is 0 Å². The van der Waals surface area contributed by atoms with Crippen molar-refractivity contribution < 1.29 is 13.2 Å². The van der Waals surface area contributed by atoms with Gasteiger partial charge in [0.15, 0.2) is 5.03 Å². The number of sulfonamides is 1. The van der Waals surface area contributed by atoms with Gasteiger partial charge in [-0.1, -0.05) is 30.3 Å². The van der Waals surface area contributed by atoms with Crippen molar-refractivity contribution in [1.82, 2.24) is 19.2 Å². The minimum Gasteiger partial charge on any atom is -0.340 e. The lowest BCUT2D eigenvalue weighted by atomic mass is 9.95. The Hall–Kier alpha value is -2.23. The van der Waals surface area contributed by atoms with E-state index in [0.717, 1.165) is 5.56 Å². The van der Waals surface area contributed by atoms with Crippen LogP contribution in [0.25, 0.3) is 0 Å². The minimum atomic E-state index is -3.72. The fourth-order valence-electron chi connectivity index (χ4n) is 3.27. The molecule has 0 spiro atoms. The second-order valence-corrected chi connectivity index (χ2v) is 8.58. The Morgan fingerprint density at radius 2 is 2.00 bits per heavy atom. The number of nitrogens with one attached hydrogen (secondary N) is 1. The number of carbonyl (C=O) groups is 1. The van der Waals surface area contributed by atoms with E-state index in [0.29, 0.717) is 18.9 Å². The fourth-order valence-corrected chi connectivity index (χ4v) is 4.33. The highest BCUT2D eigenvalue weighted by Crippen LogP contribution is 2.26. The smallest absolute Gasteiger partial charge is 0.259 e. The molecule has 1 aliphatic rings. The predicted octanol–water partition coefficient (Wildman–Crippen LogP) is 0.350. The van der Waals surface area contributed by atoms with E-state index in [1.165, 1.54) is 6.20 Å². The van der Waals surface area contributed by atoms with Crippen LogP contribution >= 0.6 is 0 Å². The Balaban J connectivity index is 1.54. The summed E-state index contributed by atoms with van der Waals surface area (Å²) in [6, 6.07) is 9.77. The van der Waals surface area contributed by atoms with Gasteiger partial charge in [-0.15, -0.1) is 0 Å². The number of hydrogen-bond donors (Lipinski definition) is 2. The highest BCUT2D eigenvalue weighted by atomic mass is 32.2. The summed E-state index contributed by atoms with van der Waals surface area (Å²) in [5.74, 6) is 0.594. The van der Waals surface area contributed by atoms with Gasteiger partial charge < -0.3 is 15.2 Å². The molecule has 0 unspecified atom stereocenters. The average Bonchev–Trinajstić information content (AvgIpc) is 3.19.